The van der Waals surface area contributed by atoms with Gasteiger partial charge in [0.1, 0.15) is 17.3 Å². The minimum absolute atomic E-state index is 0.0902. The zero-order valence-electron chi connectivity index (χ0n) is 32.6. The Morgan fingerprint density at radius 3 is 2.16 bits per heavy atom. The maximum Gasteiger partial charge on any atom is 0.389 e. The monoisotopic (exact) mass is 785 g/mol. The van der Waals surface area contributed by atoms with Crippen molar-refractivity contribution < 1.29 is 46.1 Å². The molecule has 304 valence electrons. The Bertz CT molecular complexity index is 1970. The van der Waals surface area contributed by atoms with Crippen molar-refractivity contribution in [3.05, 3.63) is 88.7 Å². The second kappa shape index (κ2) is 18.4. The number of carboxylic acid groups (broad SMARTS) is 1. The molecule has 4 aromatic rings. The standard InChI is InChI=1S/C31H36FNO4.C8H9FN2O.C4H7F3/c1-30(19-32)18-31(30)13-6-14-33(20-31)17-21-15-26(36-2)29(27(16-21)37-3)25-10-5-8-23-22(11-12-28(34)35)7-4-9-24(23)25;1-4-2-5(10)3-6(9)7(4)8(11)12;1-2-3-4(5,6)7/h4-5,7-10,15-16H,6,11-14,17-20H2,1-3H3,(H,34,35);2-3H,10H2,1H3,(H2,11,12);2-3H2,1H3. The van der Waals surface area contributed by atoms with Crippen molar-refractivity contribution in [3.63, 3.8) is 0 Å². The number of benzene rings is 4. The summed E-state index contributed by atoms with van der Waals surface area (Å²) in [4.78, 5) is 24.3. The number of amides is 1. The Hall–Kier alpha value is -4.91. The molecule has 1 aliphatic carbocycles. The van der Waals surface area contributed by atoms with E-state index in [2.05, 4.69) is 36.1 Å². The molecule has 6 rings (SSSR count). The second-order valence-electron chi connectivity index (χ2n) is 15.0. The molecule has 1 saturated carbocycles. The summed E-state index contributed by atoms with van der Waals surface area (Å²) < 4.78 is 71.7. The van der Waals surface area contributed by atoms with Crippen LogP contribution in [0.3, 0.4) is 0 Å². The van der Waals surface area contributed by atoms with Gasteiger partial charge in [-0.3, -0.25) is 18.9 Å². The van der Waals surface area contributed by atoms with Gasteiger partial charge in [-0.25, -0.2) is 4.39 Å². The molecule has 1 heterocycles. The van der Waals surface area contributed by atoms with E-state index < -0.39 is 30.3 Å². The fourth-order valence-electron chi connectivity index (χ4n) is 7.89. The number of likely N-dealkylation sites (tertiary alicyclic amines) is 1. The Morgan fingerprint density at radius 2 is 1.64 bits per heavy atom. The zero-order valence-corrected chi connectivity index (χ0v) is 32.6. The van der Waals surface area contributed by atoms with Gasteiger partial charge in [0, 0.05) is 37.0 Å². The van der Waals surface area contributed by atoms with Gasteiger partial charge in [-0.05, 0) is 108 Å². The number of alkyl halides is 4. The van der Waals surface area contributed by atoms with E-state index in [0.717, 1.165) is 89.5 Å². The Morgan fingerprint density at radius 1 is 1.00 bits per heavy atom. The van der Waals surface area contributed by atoms with Crippen LogP contribution in [0.25, 0.3) is 21.9 Å². The summed E-state index contributed by atoms with van der Waals surface area (Å²) in [6.45, 7) is 7.66. The minimum Gasteiger partial charge on any atom is -0.496 e. The lowest BCUT2D eigenvalue weighted by Crippen LogP contribution is -2.38. The van der Waals surface area contributed by atoms with Crippen molar-refractivity contribution in [2.45, 2.75) is 78.4 Å². The van der Waals surface area contributed by atoms with Crippen LogP contribution < -0.4 is 20.9 Å². The summed E-state index contributed by atoms with van der Waals surface area (Å²) in [5.41, 5.74) is 14.9. The molecule has 56 heavy (non-hydrogen) atoms. The summed E-state index contributed by atoms with van der Waals surface area (Å²) in [6, 6.07) is 18.9. The molecule has 0 bridgehead atoms. The number of carbonyl (C=O) groups excluding carboxylic acids is 1. The van der Waals surface area contributed by atoms with Crippen molar-refractivity contribution in [1.29, 1.82) is 0 Å². The number of nitrogens with zero attached hydrogens (tertiary/aromatic N) is 1. The third kappa shape index (κ3) is 10.5. The minimum atomic E-state index is -3.95. The van der Waals surface area contributed by atoms with E-state index in [1.807, 2.05) is 24.3 Å². The van der Waals surface area contributed by atoms with Gasteiger partial charge < -0.3 is 26.0 Å². The second-order valence-corrected chi connectivity index (χ2v) is 15.0. The van der Waals surface area contributed by atoms with E-state index >= 15 is 0 Å². The van der Waals surface area contributed by atoms with E-state index in [1.165, 1.54) is 13.0 Å². The van der Waals surface area contributed by atoms with E-state index in [4.69, 9.17) is 20.9 Å². The summed E-state index contributed by atoms with van der Waals surface area (Å²) in [6.07, 6.45) is -0.665. The van der Waals surface area contributed by atoms with E-state index in [-0.39, 0.29) is 41.6 Å². The van der Waals surface area contributed by atoms with Crippen LogP contribution in [0.15, 0.2) is 60.7 Å². The zero-order chi connectivity index (χ0) is 41.4. The Labute approximate surface area is 325 Å². The van der Waals surface area contributed by atoms with Crippen LogP contribution in [0, 0.1) is 23.6 Å². The van der Waals surface area contributed by atoms with Crippen LogP contribution in [0.4, 0.5) is 27.6 Å². The molecule has 2 atom stereocenters. The number of hydrogen-bond acceptors (Lipinski definition) is 6. The number of rotatable bonds is 11. The molecule has 1 amide bonds. The van der Waals surface area contributed by atoms with Crippen molar-refractivity contribution >= 4 is 28.3 Å². The van der Waals surface area contributed by atoms with Crippen molar-refractivity contribution in [3.8, 4) is 22.6 Å². The van der Waals surface area contributed by atoms with Crippen molar-refractivity contribution in [2.24, 2.45) is 16.6 Å². The number of nitrogen functional groups attached to an aromatic ring is 1. The molecule has 8 nitrogen and oxygen atoms in total. The molecule has 0 radical (unpaired) electrons. The van der Waals surface area contributed by atoms with E-state index in [1.54, 1.807) is 21.1 Å². The molecule has 5 N–H and O–H groups in total. The fourth-order valence-corrected chi connectivity index (χ4v) is 7.89. The molecule has 1 aliphatic heterocycles. The largest absolute Gasteiger partial charge is 0.496 e. The molecular formula is C43H52F5N3O5. The smallest absolute Gasteiger partial charge is 0.389 e. The number of halogens is 5. The van der Waals surface area contributed by atoms with Crippen LogP contribution in [-0.4, -0.2) is 62.0 Å². The van der Waals surface area contributed by atoms with Crippen molar-refractivity contribution in [1.82, 2.24) is 4.90 Å². The average Bonchev–Trinajstić information content (AvgIpc) is 3.70. The van der Waals surface area contributed by atoms with Gasteiger partial charge >= 0.3 is 12.1 Å². The SMILES string of the molecule is CCCC(F)(F)F.COc1cc(CN2CCCC3(C2)CC3(C)CF)cc(OC)c1-c1cccc2c(CCC(=O)O)cccc12.Cc1cc(N)cc(F)c1C(N)=O. The van der Waals surface area contributed by atoms with Gasteiger partial charge in [0.05, 0.1) is 32.0 Å². The van der Waals surface area contributed by atoms with Gasteiger partial charge in [-0.1, -0.05) is 50.2 Å². The van der Waals surface area contributed by atoms with Gasteiger partial charge in [0.25, 0.3) is 5.91 Å². The van der Waals surface area contributed by atoms with E-state index in [0.29, 0.717) is 12.0 Å². The molecule has 1 saturated heterocycles. The number of piperidine rings is 1. The highest BCUT2D eigenvalue weighted by Crippen LogP contribution is 2.67. The molecular weight excluding hydrogens is 733 g/mol. The number of ether oxygens (including phenoxy) is 2. The van der Waals surface area contributed by atoms with Crippen LogP contribution >= 0.6 is 0 Å². The normalized spacial score (nSPS) is 19.0. The summed E-state index contributed by atoms with van der Waals surface area (Å²) in [5.74, 6) is -0.762. The number of nitrogens with two attached hydrogens (primary N) is 2. The number of anilines is 1. The lowest BCUT2D eigenvalue weighted by molar-refractivity contribution is -0.137. The van der Waals surface area contributed by atoms with Gasteiger partial charge in [-0.15, -0.1) is 0 Å². The first-order chi connectivity index (χ1) is 26.4. The predicted octanol–water partition coefficient (Wildman–Crippen LogP) is 9.67. The summed E-state index contributed by atoms with van der Waals surface area (Å²) in [5, 5.41) is 11.2. The third-order valence-corrected chi connectivity index (χ3v) is 10.8. The molecule has 2 aliphatic rings. The van der Waals surface area contributed by atoms with E-state index in [9.17, 15) is 36.6 Å². The lowest BCUT2D eigenvalue weighted by Gasteiger charge is -2.35. The number of carboxylic acids is 1. The van der Waals surface area contributed by atoms with Gasteiger partial charge in [-0.2, -0.15) is 13.2 Å². The lowest BCUT2D eigenvalue weighted by atomic mass is 9.86. The highest BCUT2D eigenvalue weighted by molar-refractivity contribution is 6.01. The first-order valence-corrected chi connectivity index (χ1v) is 18.6. The fraction of sp³-hybridized carbons (Fsp3) is 0.442. The highest BCUT2D eigenvalue weighted by Gasteiger charge is 2.64. The quantitative estimate of drug-likeness (QED) is 0.102. The average molecular weight is 786 g/mol. The molecule has 0 aromatic heterocycles. The summed E-state index contributed by atoms with van der Waals surface area (Å²) >= 11 is 0. The van der Waals surface area contributed by atoms with Crippen molar-refractivity contribution in [2.75, 3.05) is 39.7 Å². The number of hydrogen-bond donors (Lipinski definition) is 3. The molecule has 2 unspecified atom stereocenters. The topological polar surface area (TPSA) is 128 Å². The number of primary amides is 1. The third-order valence-electron chi connectivity index (χ3n) is 10.8. The van der Waals surface area contributed by atoms with Crippen LogP contribution in [0.5, 0.6) is 11.5 Å². The number of carbonyl (C=O) groups is 2. The first-order valence-electron chi connectivity index (χ1n) is 18.6. The molecule has 4 aromatic carbocycles. The van der Waals surface area contributed by atoms with Gasteiger partial charge in [0.15, 0.2) is 0 Å². The maximum atomic E-state index is 13.7. The highest BCUT2D eigenvalue weighted by atomic mass is 19.4. The first kappa shape index (κ1) is 43.8. The molecule has 13 heteroatoms. The molecule has 2 fully saturated rings. The van der Waals surface area contributed by atoms with Crippen LogP contribution in [0.2, 0.25) is 0 Å². The Kier molecular flexibility index (Phi) is 14.4. The Balaban J connectivity index is 0.000000301. The predicted molar refractivity (Wildman–Crippen MR) is 209 cm³/mol. The van der Waals surface area contributed by atoms with Crippen LogP contribution in [0.1, 0.15) is 79.4 Å². The molecule has 1 spiro atoms. The number of aliphatic carboxylic acids is 1. The summed E-state index contributed by atoms with van der Waals surface area (Å²) in [7, 11) is 3.36. The number of fused-ring (bicyclic) bond motifs is 1. The maximum absolute atomic E-state index is 13.7. The number of aryl methyl sites for hydroxylation is 2. The van der Waals surface area contributed by atoms with Gasteiger partial charge in [0.2, 0.25) is 0 Å². The van der Waals surface area contributed by atoms with Crippen LogP contribution in [-0.2, 0) is 17.8 Å². The number of methoxy groups -OCH3 is 2.